The van der Waals surface area contributed by atoms with Gasteiger partial charge in [-0.15, -0.1) is 5.97 Å². The molecule has 0 atom stereocenters. The van der Waals surface area contributed by atoms with E-state index < -0.39 is 5.97 Å². The molecule has 76 valence electrons. The van der Waals surface area contributed by atoms with Gasteiger partial charge < -0.3 is 70.1 Å². The van der Waals surface area contributed by atoms with Crippen molar-refractivity contribution in [2.75, 3.05) is 0 Å². The first-order valence-corrected chi connectivity index (χ1v) is 3.26. The van der Waals surface area contributed by atoms with Gasteiger partial charge in [0, 0.05) is 17.1 Å². The van der Waals surface area contributed by atoms with Gasteiger partial charge in [-0.1, -0.05) is 0 Å². The van der Waals surface area contributed by atoms with Crippen LogP contribution in [0.3, 0.4) is 0 Å². The molecule has 2 rings (SSSR count). The normalized spacial score (nSPS) is 8.00. The van der Waals surface area contributed by atoms with Gasteiger partial charge in [-0.2, -0.15) is 0 Å². The van der Waals surface area contributed by atoms with Gasteiger partial charge in [0.1, 0.15) is 0 Å². The van der Waals surface area contributed by atoms with Crippen LogP contribution in [0.5, 0.6) is 0 Å². The number of rotatable bonds is 1. The van der Waals surface area contributed by atoms with Crippen LogP contribution in [0.15, 0.2) is 6.07 Å². The number of carboxylic acid groups (broad SMARTS) is 1. The Labute approximate surface area is 93.4 Å². The van der Waals surface area contributed by atoms with Crippen molar-refractivity contribution in [3.63, 3.8) is 0 Å². The standard InChI is InChI=1S/C6HO2.C5H.Fe/c7-6(8)5-3-1-2-4-5;1-2-4-5-3-1;/h(H,7,8);1H;/q2*-5;. The van der Waals surface area contributed by atoms with E-state index in [1.807, 2.05) is 0 Å². The average Bonchev–Trinajstić information content (AvgIpc) is 2.82. The van der Waals surface area contributed by atoms with Gasteiger partial charge in [0.05, 0.1) is 0 Å². The second-order valence-electron chi connectivity index (χ2n) is 1.86. The monoisotopic (exact) mass is 222 g/mol. The van der Waals surface area contributed by atoms with Gasteiger partial charge in [-0.05, 0) is 0 Å². The first kappa shape index (κ1) is 12.7. The molecule has 0 saturated heterocycles. The molecule has 0 aliphatic rings. The fourth-order valence-corrected chi connectivity index (χ4v) is 0.506. The minimum atomic E-state index is -1.04. The van der Waals surface area contributed by atoms with E-state index in [9.17, 15) is 4.79 Å². The summed E-state index contributed by atoms with van der Waals surface area (Å²) >= 11 is 0. The van der Waals surface area contributed by atoms with Crippen LogP contribution < -0.4 is 0 Å². The second kappa shape index (κ2) is 7.13. The Kier molecular flexibility index (Phi) is 6.46. The first-order chi connectivity index (χ1) is 6.30. The Morgan fingerprint density at radius 3 is 1.79 bits per heavy atom. The van der Waals surface area contributed by atoms with Gasteiger partial charge in [0.2, 0.25) is 0 Å². The van der Waals surface area contributed by atoms with Crippen molar-refractivity contribution in [1.29, 1.82) is 0 Å². The molecule has 14 heavy (non-hydrogen) atoms. The molecule has 2 nitrogen and oxygen atoms in total. The molecule has 0 unspecified atom stereocenters. The Morgan fingerprint density at radius 2 is 1.57 bits per heavy atom. The maximum absolute atomic E-state index is 9.96. The SMILES string of the molecule is O=C(O)[c-]1[c-][c-][c-][c-]1.[Fe].[c-]1[c-][c-][cH-][c-]1. The van der Waals surface area contributed by atoms with E-state index >= 15 is 0 Å². The Balaban J connectivity index is 0.000000246. The molecule has 2 aromatic rings. The average molecular weight is 222 g/mol. The molecule has 0 fully saturated rings. The van der Waals surface area contributed by atoms with Gasteiger partial charge in [0.15, 0.2) is 0 Å². The van der Waals surface area contributed by atoms with Crippen LogP contribution in [0, 0.1) is 48.5 Å². The molecule has 0 saturated carbocycles. The Hall–Kier alpha value is -1.31. The molecule has 0 amide bonds. The fourth-order valence-electron chi connectivity index (χ4n) is 0.506. The summed E-state index contributed by atoms with van der Waals surface area (Å²) in [7, 11) is 0. The zero-order valence-electron chi connectivity index (χ0n) is 6.79. The third-order valence-corrected chi connectivity index (χ3v) is 1.00. The molecular formula is C11H2FeO2-10. The summed E-state index contributed by atoms with van der Waals surface area (Å²) in [4.78, 5) is 9.96. The largest absolute Gasteiger partial charge is 0.999 e. The predicted molar refractivity (Wildman–Crippen MR) is 41.7 cm³/mol. The van der Waals surface area contributed by atoms with Gasteiger partial charge in [-0.25, -0.2) is 0 Å². The molecule has 0 aliphatic heterocycles. The molecule has 0 aromatic heterocycles. The smallest absolute Gasteiger partial charge is 0 e. The van der Waals surface area contributed by atoms with Crippen molar-refractivity contribution in [3.8, 4) is 0 Å². The third-order valence-electron chi connectivity index (χ3n) is 1.00. The quantitative estimate of drug-likeness (QED) is 0.575. The van der Waals surface area contributed by atoms with Gasteiger partial charge in [0.25, 0.3) is 0 Å². The molecule has 0 spiro atoms. The molecule has 0 aliphatic carbocycles. The molecule has 0 radical (unpaired) electrons. The van der Waals surface area contributed by atoms with Crippen molar-refractivity contribution in [2.24, 2.45) is 0 Å². The number of aromatic carboxylic acids is 1. The van der Waals surface area contributed by atoms with Crippen molar-refractivity contribution in [1.82, 2.24) is 0 Å². The zero-order chi connectivity index (χ0) is 9.52. The molecule has 0 bridgehead atoms. The van der Waals surface area contributed by atoms with Crippen LogP contribution in [0.1, 0.15) is 10.4 Å². The minimum Gasteiger partial charge on any atom is -0.999 e. The van der Waals surface area contributed by atoms with E-state index in [1.54, 1.807) is 6.07 Å². The topological polar surface area (TPSA) is 37.3 Å². The van der Waals surface area contributed by atoms with E-state index in [2.05, 4.69) is 48.5 Å². The second-order valence-corrected chi connectivity index (χ2v) is 1.86. The maximum atomic E-state index is 9.96. The summed E-state index contributed by atoms with van der Waals surface area (Å²) in [6.45, 7) is 0. The van der Waals surface area contributed by atoms with Gasteiger partial charge >= 0.3 is 0 Å². The molecule has 2 aromatic carbocycles. The number of carbonyl (C=O) groups is 1. The van der Waals surface area contributed by atoms with Crippen LogP contribution in [-0.4, -0.2) is 11.1 Å². The summed E-state index contributed by atoms with van der Waals surface area (Å²) in [5.41, 5.74) is -0.00926. The number of hydrogen-bond acceptors (Lipinski definition) is 1. The van der Waals surface area contributed by atoms with Gasteiger partial charge in [-0.3, -0.25) is 0 Å². The van der Waals surface area contributed by atoms with Crippen LogP contribution in [0.4, 0.5) is 0 Å². The van der Waals surface area contributed by atoms with Crippen LogP contribution in [-0.2, 0) is 17.1 Å². The summed E-state index contributed by atoms with van der Waals surface area (Å²) in [6, 6.07) is 21.3. The first-order valence-electron chi connectivity index (χ1n) is 3.26. The van der Waals surface area contributed by atoms with Crippen molar-refractivity contribution in [2.45, 2.75) is 0 Å². The number of carboxylic acids is 1. The Morgan fingerprint density at radius 1 is 1.07 bits per heavy atom. The molecular weight excluding hydrogens is 220 g/mol. The summed E-state index contributed by atoms with van der Waals surface area (Å²) < 4.78 is 0. The van der Waals surface area contributed by atoms with Crippen LogP contribution in [0.2, 0.25) is 0 Å². The molecule has 3 heteroatoms. The number of hydrogen-bond donors (Lipinski definition) is 1. The predicted octanol–water partition coefficient (Wildman–Crippen LogP) is 0.908. The zero-order valence-corrected chi connectivity index (χ0v) is 7.89. The summed E-state index contributed by atoms with van der Waals surface area (Å²) in [5.74, 6) is -1.04. The molecule has 0 heterocycles. The molecule has 1 N–H and O–H groups in total. The van der Waals surface area contributed by atoms with E-state index in [-0.39, 0.29) is 22.6 Å². The summed E-state index contributed by atoms with van der Waals surface area (Å²) in [5, 5.41) is 8.17. The van der Waals surface area contributed by atoms with Crippen molar-refractivity contribution >= 4 is 5.97 Å². The van der Waals surface area contributed by atoms with Crippen LogP contribution >= 0.6 is 0 Å². The van der Waals surface area contributed by atoms with E-state index in [1.165, 1.54) is 0 Å². The van der Waals surface area contributed by atoms with Crippen LogP contribution in [0.25, 0.3) is 0 Å². The maximum Gasteiger partial charge on any atom is 0 e. The Bertz CT molecular complexity index is 305. The van der Waals surface area contributed by atoms with E-state index in [4.69, 9.17) is 5.11 Å². The third kappa shape index (κ3) is 4.65. The van der Waals surface area contributed by atoms with E-state index in [0.29, 0.717) is 0 Å². The minimum absolute atomic E-state index is 0. The summed E-state index contributed by atoms with van der Waals surface area (Å²) in [6.07, 6.45) is 0. The van der Waals surface area contributed by atoms with E-state index in [0.717, 1.165) is 0 Å². The fraction of sp³-hybridized carbons (Fsp3) is 0. The van der Waals surface area contributed by atoms with Crippen molar-refractivity contribution in [3.05, 3.63) is 60.2 Å². The van der Waals surface area contributed by atoms with Crippen molar-refractivity contribution < 1.29 is 27.0 Å².